The molecule has 17 heavy (non-hydrogen) atoms. The lowest BCUT2D eigenvalue weighted by atomic mass is 10.1. The molecule has 86 valence electrons. The first-order valence-electron chi connectivity index (χ1n) is 5.67. The van der Waals surface area contributed by atoms with Gasteiger partial charge >= 0.3 is 0 Å². The van der Waals surface area contributed by atoms with Gasteiger partial charge in [0.15, 0.2) is 0 Å². The van der Waals surface area contributed by atoms with Gasteiger partial charge in [0.2, 0.25) is 0 Å². The molecular formula is C13H12ClN3. The van der Waals surface area contributed by atoms with Crippen LogP contribution in [0, 0.1) is 0 Å². The first-order valence-corrected chi connectivity index (χ1v) is 6.05. The molecule has 1 aliphatic rings. The molecule has 2 aromatic rings. The van der Waals surface area contributed by atoms with Gasteiger partial charge in [0.25, 0.3) is 0 Å². The summed E-state index contributed by atoms with van der Waals surface area (Å²) in [7, 11) is 0. The maximum Gasteiger partial charge on any atom is 0.148 e. The summed E-state index contributed by atoms with van der Waals surface area (Å²) in [5.41, 5.74) is 1.83. The van der Waals surface area contributed by atoms with Gasteiger partial charge in [0.05, 0.1) is 5.69 Å². The van der Waals surface area contributed by atoms with Crippen LogP contribution < -0.4 is 5.32 Å². The molecule has 4 heteroatoms. The highest BCUT2D eigenvalue weighted by atomic mass is 35.5. The van der Waals surface area contributed by atoms with Crippen molar-refractivity contribution in [1.29, 1.82) is 0 Å². The highest BCUT2D eigenvalue weighted by Crippen LogP contribution is 2.25. The molecule has 3 rings (SSSR count). The summed E-state index contributed by atoms with van der Waals surface area (Å²) in [6.07, 6.45) is 2.47. The molecule has 1 heterocycles. The summed E-state index contributed by atoms with van der Waals surface area (Å²) >= 11 is 5.94. The van der Waals surface area contributed by atoms with Crippen LogP contribution in [0.4, 0.5) is 5.82 Å². The molecule has 0 atom stereocenters. The van der Waals surface area contributed by atoms with Crippen molar-refractivity contribution >= 4 is 17.4 Å². The van der Waals surface area contributed by atoms with E-state index in [1.165, 1.54) is 12.8 Å². The minimum absolute atomic E-state index is 0.598. The molecule has 1 aromatic heterocycles. The Labute approximate surface area is 105 Å². The average molecular weight is 246 g/mol. The Balaban J connectivity index is 1.83. The second kappa shape index (κ2) is 4.34. The van der Waals surface area contributed by atoms with Crippen LogP contribution in [0.1, 0.15) is 12.8 Å². The van der Waals surface area contributed by atoms with Crippen LogP contribution in [0.5, 0.6) is 0 Å². The van der Waals surface area contributed by atoms with Gasteiger partial charge in [-0.25, -0.2) is 0 Å². The van der Waals surface area contributed by atoms with Crippen molar-refractivity contribution in [3.63, 3.8) is 0 Å². The van der Waals surface area contributed by atoms with Crippen LogP contribution in [-0.2, 0) is 0 Å². The zero-order chi connectivity index (χ0) is 11.7. The third-order valence-electron chi connectivity index (χ3n) is 2.71. The summed E-state index contributed by atoms with van der Waals surface area (Å²) in [5, 5.41) is 12.4. The van der Waals surface area contributed by atoms with E-state index in [4.69, 9.17) is 11.6 Å². The molecule has 1 fully saturated rings. The van der Waals surface area contributed by atoms with Gasteiger partial charge in [-0.15, -0.1) is 10.2 Å². The van der Waals surface area contributed by atoms with E-state index in [0.717, 1.165) is 17.1 Å². The smallest absolute Gasteiger partial charge is 0.148 e. The second-order valence-electron chi connectivity index (χ2n) is 4.23. The molecule has 0 bridgehead atoms. The van der Waals surface area contributed by atoms with Gasteiger partial charge in [0, 0.05) is 16.6 Å². The van der Waals surface area contributed by atoms with E-state index < -0.39 is 0 Å². The maximum absolute atomic E-state index is 5.94. The van der Waals surface area contributed by atoms with Gasteiger partial charge in [-0.2, -0.15) is 0 Å². The number of halogens is 1. The van der Waals surface area contributed by atoms with Crippen LogP contribution in [0.25, 0.3) is 11.3 Å². The van der Waals surface area contributed by atoms with Crippen LogP contribution in [0.3, 0.4) is 0 Å². The molecule has 0 aliphatic heterocycles. The topological polar surface area (TPSA) is 37.8 Å². The fourth-order valence-electron chi connectivity index (χ4n) is 1.65. The molecule has 1 aromatic carbocycles. The van der Waals surface area contributed by atoms with E-state index >= 15 is 0 Å². The van der Waals surface area contributed by atoms with E-state index in [0.29, 0.717) is 11.1 Å². The van der Waals surface area contributed by atoms with Gasteiger partial charge in [-0.05, 0) is 37.1 Å². The molecule has 1 aliphatic carbocycles. The summed E-state index contributed by atoms with van der Waals surface area (Å²) in [6.45, 7) is 0. The second-order valence-corrected chi connectivity index (χ2v) is 4.67. The van der Waals surface area contributed by atoms with Crippen molar-refractivity contribution in [3.8, 4) is 11.3 Å². The number of benzene rings is 1. The fraction of sp³-hybridized carbons (Fsp3) is 0.231. The Morgan fingerprint density at radius 3 is 2.65 bits per heavy atom. The van der Waals surface area contributed by atoms with Gasteiger partial charge < -0.3 is 5.32 Å². The van der Waals surface area contributed by atoms with Crippen LogP contribution in [-0.4, -0.2) is 16.2 Å². The van der Waals surface area contributed by atoms with E-state index in [1.807, 2.05) is 36.4 Å². The third kappa shape index (κ3) is 2.56. The largest absolute Gasteiger partial charge is 0.366 e. The van der Waals surface area contributed by atoms with Crippen LogP contribution in [0.15, 0.2) is 36.4 Å². The SMILES string of the molecule is Clc1cccc(-c2ccc(NC3CC3)nn2)c1. The Morgan fingerprint density at radius 1 is 1.12 bits per heavy atom. The highest BCUT2D eigenvalue weighted by Gasteiger charge is 2.21. The standard InChI is InChI=1S/C13H12ClN3/c14-10-3-1-2-9(8-10)12-6-7-13(17-16-12)15-11-4-5-11/h1-3,6-8,11H,4-5H2,(H,15,17). The van der Waals surface area contributed by atoms with Crippen molar-refractivity contribution in [2.75, 3.05) is 5.32 Å². The van der Waals surface area contributed by atoms with E-state index in [2.05, 4.69) is 15.5 Å². The maximum atomic E-state index is 5.94. The monoisotopic (exact) mass is 245 g/mol. The average Bonchev–Trinajstić information content (AvgIpc) is 3.14. The van der Waals surface area contributed by atoms with Crippen molar-refractivity contribution in [2.45, 2.75) is 18.9 Å². The lowest BCUT2D eigenvalue weighted by molar-refractivity contribution is 1.00. The number of hydrogen-bond acceptors (Lipinski definition) is 3. The molecule has 0 radical (unpaired) electrons. The van der Waals surface area contributed by atoms with Gasteiger partial charge in [-0.1, -0.05) is 23.7 Å². The predicted octanol–water partition coefficient (Wildman–Crippen LogP) is 3.37. The Kier molecular flexibility index (Phi) is 2.69. The first kappa shape index (κ1) is 10.5. The summed E-state index contributed by atoms with van der Waals surface area (Å²) in [4.78, 5) is 0. The van der Waals surface area contributed by atoms with Crippen molar-refractivity contribution in [3.05, 3.63) is 41.4 Å². The molecule has 0 spiro atoms. The lowest BCUT2D eigenvalue weighted by Gasteiger charge is -2.04. The molecule has 3 nitrogen and oxygen atoms in total. The van der Waals surface area contributed by atoms with E-state index in [-0.39, 0.29) is 0 Å². The number of nitrogens with one attached hydrogen (secondary N) is 1. The fourth-order valence-corrected chi connectivity index (χ4v) is 1.84. The summed E-state index contributed by atoms with van der Waals surface area (Å²) in [6, 6.07) is 12.1. The van der Waals surface area contributed by atoms with Crippen molar-refractivity contribution in [2.24, 2.45) is 0 Å². The van der Waals surface area contributed by atoms with Crippen LogP contribution in [0.2, 0.25) is 5.02 Å². The summed E-state index contributed by atoms with van der Waals surface area (Å²) < 4.78 is 0. The lowest BCUT2D eigenvalue weighted by Crippen LogP contribution is -2.03. The number of nitrogens with zero attached hydrogens (tertiary/aromatic N) is 2. The molecule has 0 amide bonds. The molecule has 1 saturated carbocycles. The molecule has 0 saturated heterocycles. The zero-order valence-electron chi connectivity index (χ0n) is 9.23. The Morgan fingerprint density at radius 2 is 2.00 bits per heavy atom. The Hall–Kier alpha value is -1.61. The third-order valence-corrected chi connectivity index (χ3v) is 2.95. The quantitative estimate of drug-likeness (QED) is 0.901. The van der Waals surface area contributed by atoms with Crippen molar-refractivity contribution < 1.29 is 0 Å². The molecular weight excluding hydrogens is 234 g/mol. The number of rotatable bonds is 3. The van der Waals surface area contributed by atoms with Gasteiger partial charge in [0.1, 0.15) is 5.82 Å². The first-order chi connectivity index (χ1) is 8.31. The van der Waals surface area contributed by atoms with E-state index in [9.17, 15) is 0 Å². The summed E-state index contributed by atoms with van der Waals surface area (Å²) in [5.74, 6) is 0.846. The highest BCUT2D eigenvalue weighted by molar-refractivity contribution is 6.30. The van der Waals surface area contributed by atoms with Crippen molar-refractivity contribution in [1.82, 2.24) is 10.2 Å². The number of hydrogen-bond donors (Lipinski definition) is 1. The molecule has 0 unspecified atom stereocenters. The van der Waals surface area contributed by atoms with Gasteiger partial charge in [-0.3, -0.25) is 0 Å². The van der Waals surface area contributed by atoms with E-state index in [1.54, 1.807) is 0 Å². The Bertz CT molecular complexity index is 520. The minimum Gasteiger partial charge on any atom is -0.366 e. The molecule has 1 N–H and O–H groups in total. The normalized spacial score (nSPS) is 14.6. The predicted molar refractivity (Wildman–Crippen MR) is 69.1 cm³/mol. The zero-order valence-corrected chi connectivity index (χ0v) is 9.98. The van der Waals surface area contributed by atoms with Crippen LogP contribution >= 0.6 is 11.6 Å². The number of aromatic nitrogens is 2. The minimum atomic E-state index is 0.598. The number of anilines is 1.